The second kappa shape index (κ2) is 9.98. The Morgan fingerprint density at radius 1 is 0.971 bits per heavy atom. The van der Waals surface area contributed by atoms with Gasteiger partial charge in [0.1, 0.15) is 13.2 Å². The molecule has 8 heteroatoms. The molecule has 2 aliphatic heterocycles. The highest BCUT2D eigenvalue weighted by atomic mass is 16.6. The maximum Gasteiger partial charge on any atom is 0.253 e. The van der Waals surface area contributed by atoms with Gasteiger partial charge in [-0.1, -0.05) is 12.1 Å². The van der Waals surface area contributed by atoms with Gasteiger partial charge in [-0.15, -0.1) is 0 Å². The second-order valence-corrected chi connectivity index (χ2v) is 8.50. The van der Waals surface area contributed by atoms with Gasteiger partial charge in [0, 0.05) is 43.7 Å². The van der Waals surface area contributed by atoms with Crippen LogP contribution in [-0.4, -0.2) is 71.8 Å². The summed E-state index contributed by atoms with van der Waals surface area (Å²) in [7, 11) is 0. The summed E-state index contributed by atoms with van der Waals surface area (Å²) in [6.07, 6.45) is 1.47. The van der Waals surface area contributed by atoms with Gasteiger partial charge in [0.05, 0.1) is 17.5 Å². The number of nitrogens with zero attached hydrogens (tertiary/aromatic N) is 4. The number of aromatic nitrogens is 2. The standard InChI is InChI=1S/C26H27N5O3/c27-9-1-2-10-30-11-13-31(14-12-30)26(32)20-5-3-19(4-6-20)22-18-23(29-28-22)21-7-8-24-25(17-21)34-16-15-33-24/h3-8,17-18H,1-2,10-16H2,(H,28,29). The summed E-state index contributed by atoms with van der Waals surface area (Å²) in [6.45, 7) is 5.17. The van der Waals surface area contributed by atoms with Crippen molar-refractivity contribution in [1.82, 2.24) is 20.0 Å². The van der Waals surface area contributed by atoms with E-state index in [2.05, 4.69) is 21.2 Å². The molecule has 0 atom stereocenters. The SMILES string of the molecule is N#CCCCN1CCN(C(=O)c2ccc(-c3cc(-c4ccc5c(c4)OCCO5)n[nH]3)cc2)CC1. The van der Waals surface area contributed by atoms with Crippen molar-refractivity contribution in [2.24, 2.45) is 0 Å². The van der Waals surface area contributed by atoms with Crippen LogP contribution in [0.5, 0.6) is 11.5 Å². The van der Waals surface area contributed by atoms with Crippen molar-refractivity contribution in [3.63, 3.8) is 0 Å². The molecule has 2 aliphatic rings. The highest BCUT2D eigenvalue weighted by molar-refractivity contribution is 5.94. The molecule has 174 valence electrons. The molecule has 1 fully saturated rings. The molecule has 34 heavy (non-hydrogen) atoms. The van der Waals surface area contributed by atoms with Crippen LogP contribution in [0.3, 0.4) is 0 Å². The molecule has 3 aromatic rings. The monoisotopic (exact) mass is 457 g/mol. The molecule has 1 amide bonds. The van der Waals surface area contributed by atoms with Crippen LogP contribution < -0.4 is 9.47 Å². The van der Waals surface area contributed by atoms with Gasteiger partial charge in [-0.05, 0) is 54.9 Å². The second-order valence-electron chi connectivity index (χ2n) is 8.50. The minimum Gasteiger partial charge on any atom is -0.486 e. The van der Waals surface area contributed by atoms with E-state index in [1.165, 1.54) is 0 Å². The summed E-state index contributed by atoms with van der Waals surface area (Å²) in [6, 6.07) is 17.7. The molecule has 0 bridgehead atoms. The Hall–Kier alpha value is -3.83. The third-order valence-electron chi connectivity index (χ3n) is 6.28. The lowest BCUT2D eigenvalue weighted by Gasteiger charge is -2.34. The number of carbonyl (C=O) groups is 1. The lowest BCUT2D eigenvalue weighted by Crippen LogP contribution is -2.48. The van der Waals surface area contributed by atoms with Gasteiger partial charge in [0.25, 0.3) is 5.91 Å². The fourth-order valence-electron chi connectivity index (χ4n) is 4.35. The highest BCUT2D eigenvalue weighted by Gasteiger charge is 2.22. The number of aromatic amines is 1. The summed E-state index contributed by atoms with van der Waals surface area (Å²) >= 11 is 0. The minimum atomic E-state index is 0.0600. The Balaban J connectivity index is 1.22. The average Bonchev–Trinajstić information content (AvgIpc) is 3.39. The van der Waals surface area contributed by atoms with E-state index in [9.17, 15) is 4.79 Å². The van der Waals surface area contributed by atoms with Crippen LogP contribution in [0.15, 0.2) is 48.5 Å². The molecule has 5 rings (SSSR count). The van der Waals surface area contributed by atoms with Crippen molar-refractivity contribution in [3.8, 4) is 40.1 Å². The maximum absolute atomic E-state index is 12.9. The topological polar surface area (TPSA) is 94.5 Å². The van der Waals surface area contributed by atoms with Crippen LogP contribution in [0.4, 0.5) is 0 Å². The van der Waals surface area contributed by atoms with E-state index in [0.29, 0.717) is 38.3 Å². The number of amides is 1. The Morgan fingerprint density at radius 2 is 1.71 bits per heavy atom. The van der Waals surface area contributed by atoms with Gasteiger partial charge in [0.15, 0.2) is 11.5 Å². The Labute approximate surface area is 198 Å². The number of benzene rings is 2. The highest BCUT2D eigenvalue weighted by Crippen LogP contribution is 2.34. The molecule has 0 aliphatic carbocycles. The molecule has 1 N–H and O–H groups in total. The molecule has 0 spiro atoms. The largest absolute Gasteiger partial charge is 0.486 e. The first-order valence-corrected chi connectivity index (χ1v) is 11.7. The first kappa shape index (κ1) is 22.0. The first-order chi connectivity index (χ1) is 16.7. The number of ether oxygens (including phenoxy) is 2. The number of unbranched alkanes of at least 4 members (excludes halogenated alkanes) is 1. The van der Waals surface area contributed by atoms with Crippen LogP contribution in [-0.2, 0) is 0 Å². The van der Waals surface area contributed by atoms with Crippen molar-refractivity contribution in [2.75, 3.05) is 45.9 Å². The van der Waals surface area contributed by atoms with Crippen molar-refractivity contribution in [2.45, 2.75) is 12.8 Å². The molecule has 3 heterocycles. The summed E-state index contributed by atoms with van der Waals surface area (Å²) in [4.78, 5) is 17.2. The summed E-state index contributed by atoms with van der Waals surface area (Å²) in [5.41, 5.74) is 4.31. The van der Waals surface area contributed by atoms with E-state index in [1.54, 1.807) is 0 Å². The predicted molar refractivity (Wildman–Crippen MR) is 128 cm³/mol. The molecule has 1 saturated heterocycles. The molecule has 1 aromatic heterocycles. The van der Waals surface area contributed by atoms with E-state index in [4.69, 9.17) is 14.7 Å². The van der Waals surface area contributed by atoms with Crippen LogP contribution in [0.1, 0.15) is 23.2 Å². The quantitative estimate of drug-likeness (QED) is 0.569. The third kappa shape index (κ3) is 4.75. The number of carbonyl (C=O) groups excluding carboxylic acids is 1. The fraction of sp³-hybridized carbons (Fsp3) is 0.346. The van der Waals surface area contributed by atoms with E-state index < -0.39 is 0 Å². The number of hydrogen-bond acceptors (Lipinski definition) is 6. The van der Waals surface area contributed by atoms with Gasteiger partial charge < -0.3 is 14.4 Å². The van der Waals surface area contributed by atoms with Crippen molar-refractivity contribution < 1.29 is 14.3 Å². The number of nitrogens with one attached hydrogen (secondary N) is 1. The third-order valence-corrected chi connectivity index (χ3v) is 6.28. The summed E-state index contributed by atoms with van der Waals surface area (Å²) < 4.78 is 11.3. The average molecular weight is 458 g/mol. The maximum atomic E-state index is 12.9. The molecular weight excluding hydrogens is 430 g/mol. The smallest absolute Gasteiger partial charge is 0.253 e. The number of piperazine rings is 1. The van der Waals surface area contributed by atoms with Gasteiger partial charge in [0.2, 0.25) is 0 Å². The van der Waals surface area contributed by atoms with Crippen LogP contribution in [0.25, 0.3) is 22.5 Å². The zero-order chi connectivity index (χ0) is 23.3. The fourth-order valence-corrected chi connectivity index (χ4v) is 4.35. The summed E-state index contributed by atoms with van der Waals surface area (Å²) in [5.74, 6) is 1.55. The van der Waals surface area contributed by atoms with E-state index >= 15 is 0 Å². The van der Waals surface area contributed by atoms with Gasteiger partial charge in [-0.2, -0.15) is 10.4 Å². The molecule has 8 nitrogen and oxygen atoms in total. The number of hydrogen-bond donors (Lipinski definition) is 1. The molecule has 0 saturated carbocycles. The molecule has 0 radical (unpaired) electrons. The normalized spacial score (nSPS) is 15.7. The minimum absolute atomic E-state index is 0.0600. The molecule has 2 aromatic carbocycles. The number of rotatable bonds is 6. The predicted octanol–water partition coefficient (Wildman–Crippen LogP) is 3.58. The van der Waals surface area contributed by atoms with Crippen LogP contribution in [0.2, 0.25) is 0 Å². The van der Waals surface area contributed by atoms with E-state index in [-0.39, 0.29) is 5.91 Å². The summed E-state index contributed by atoms with van der Waals surface area (Å²) in [5, 5.41) is 16.2. The number of fused-ring (bicyclic) bond motifs is 1. The number of nitriles is 1. The lowest BCUT2D eigenvalue weighted by atomic mass is 10.1. The van der Waals surface area contributed by atoms with E-state index in [1.807, 2.05) is 53.4 Å². The Morgan fingerprint density at radius 3 is 2.47 bits per heavy atom. The Kier molecular flexibility index (Phi) is 6.45. The lowest BCUT2D eigenvalue weighted by molar-refractivity contribution is 0.0636. The van der Waals surface area contributed by atoms with Crippen LogP contribution in [0, 0.1) is 11.3 Å². The zero-order valence-corrected chi connectivity index (χ0v) is 19.0. The van der Waals surface area contributed by atoms with Gasteiger partial charge in [-0.25, -0.2) is 0 Å². The van der Waals surface area contributed by atoms with Crippen LogP contribution >= 0.6 is 0 Å². The van der Waals surface area contributed by atoms with E-state index in [0.717, 1.165) is 60.1 Å². The van der Waals surface area contributed by atoms with Crippen molar-refractivity contribution >= 4 is 5.91 Å². The van der Waals surface area contributed by atoms with Gasteiger partial charge in [-0.3, -0.25) is 14.8 Å². The van der Waals surface area contributed by atoms with Gasteiger partial charge >= 0.3 is 0 Å². The van der Waals surface area contributed by atoms with Crippen molar-refractivity contribution in [3.05, 3.63) is 54.1 Å². The molecule has 0 unspecified atom stereocenters. The molecular formula is C26H27N5O3. The first-order valence-electron chi connectivity index (χ1n) is 11.7. The zero-order valence-electron chi connectivity index (χ0n) is 19.0. The van der Waals surface area contributed by atoms with Crippen molar-refractivity contribution in [1.29, 1.82) is 5.26 Å². The number of H-pyrrole nitrogens is 1. The Bertz CT molecular complexity index is 1190.